The molecule has 0 bridgehead atoms. The number of hydrogen-bond donors (Lipinski definition) is 4. The molecule has 2 aromatic heterocycles. The van der Waals surface area contributed by atoms with Gasteiger partial charge in [-0.1, -0.05) is 30.8 Å². The number of carbonyl (C=O) groups excluding carboxylic acids is 3. The van der Waals surface area contributed by atoms with Crippen LogP contribution in [0.2, 0.25) is 0 Å². The van der Waals surface area contributed by atoms with Crippen LogP contribution in [0.1, 0.15) is 45.2 Å². The van der Waals surface area contributed by atoms with E-state index in [-0.39, 0.29) is 23.9 Å². The standard InChI is InChI=1S/C30H29N7O4S/c1-2-21(38)37-12-6-7-17(15-37)36-28(40)26-23-22-19(10-11-20(31)25(22)42-26)30(33,27(39)24(23)32)16-13-34-29(35-14-16)41-18-8-4-3-5-9-18/h2-5,8-11,13-14,17,24H,1,6-7,12,15,31-33H2,(H,36,40). The van der Waals surface area contributed by atoms with Crippen LogP contribution in [-0.4, -0.2) is 51.6 Å². The zero-order chi connectivity index (χ0) is 29.6. The molecule has 2 aliphatic rings. The van der Waals surface area contributed by atoms with E-state index in [1.54, 1.807) is 29.2 Å². The van der Waals surface area contributed by atoms with Gasteiger partial charge in [0.25, 0.3) is 5.91 Å². The van der Waals surface area contributed by atoms with Gasteiger partial charge in [-0.05, 0) is 42.7 Å². The fourth-order valence-electron chi connectivity index (χ4n) is 5.69. The summed E-state index contributed by atoms with van der Waals surface area (Å²) < 4.78 is 6.30. The molecule has 1 fully saturated rings. The van der Waals surface area contributed by atoms with Crippen molar-refractivity contribution in [2.45, 2.75) is 30.5 Å². The lowest BCUT2D eigenvalue weighted by atomic mass is 9.71. The number of piperidine rings is 1. The van der Waals surface area contributed by atoms with Gasteiger partial charge in [0.05, 0.1) is 15.6 Å². The van der Waals surface area contributed by atoms with Crippen molar-refractivity contribution in [3.63, 3.8) is 0 Å². The molecule has 0 spiro atoms. The Labute approximate surface area is 245 Å². The second-order valence-electron chi connectivity index (χ2n) is 10.4. The molecule has 0 saturated carbocycles. The molecule has 214 valence electrons. The molecule has 11 nitrogen and oxygen atoms in total. The summed E-state index contributed by atoms with van der Waals surface area (Å²) >= 11 is 1.17. The SMILES string of the molecule is C=CC(=O)N1CCCC(NC(=O)c2sc3c(N)ccc4c3c2C(N)C(=O)C4(N)c2cnc(Oc3ccccc3)nc2)C1. The largest absolute Gasteiger partial charge is 0.424 e. The summed E-state index contributed by atoms with van der Waals surface area (Å²) in [4.78, 5) is 50.3. The number of nitrogens with two attached hydrogens (primary N) is 3. The summed E-state index contributed by atoms with van der Waals surface area (Å²) in [5.41, 5.74) is 19.7. The van der Waals surface area contributed by atoms with Crippen LogP contribution in [0.4, 0.5) is 5.69 Å². The van der Waals surface area contributed by atoms with E-state index in [1.807, 2.05) is 18.2 Å². The maximum atomic E-state index is 14.0. The van der Waals surface area contributed by atoms with Gasteiger partial charge < -0.3 is 32.2 Å². The van der Waals surface area contributed by atoms with Crippen molar-refractivity contribution < 1.29 is 19.1 Å². The van der Waals surface area contributed by atoms with E-state index in [9.17, 15) is 14.4 Å². The van der Waals surface area contributed by atoms with Crippen LogP contribution in [0.3, 0.4) is 0 Å². The number of Topliss-reactive ketones (excluding diaryl/α,β-unsaturated/α-hetero) is 1. The molecule has 2 amide bonds. The maximum absolute atomic E-state index is 14.0. The lowest BCUT2D eigenvalue weighted by Crippen LogP contribution is -2.53. The van der Waals surface area contributed by atoms with Crippen molar-refractivity contribution in [3.8, 4) is 11.8 Å². The maximum Gasteiger partial charge on any atom is 0.321 e. The summed E-state index contributed by atoms with van der Waals surface area (Å²) in [6, 6.07) is 11.0. The quantitative estimate of drug-likeness (QED) is 0.196. The number of likely N-dealkylation sites (tertiary alicyclic amines) is 1. The normalized spacial score (nSPS) is 21.7. The van der Waals surface area contributed by atoms with Gasteiger partial charge in [-0.25, -0.2) is 9.97 Å². The number of nitrogen functional groups attached to an aromatic ring is 1. The minimum Gasteiger partial charge on any atom is -0.424 e. The van der Waals surface area contributed by atoms with E-state index >= 15 is 0 Å². The Kier molecular flexibility index (Phi) is 6.97. The third-order valence-corrected chi connectivity index (χ3v) is 9.05. The highest BCUT2D eigenvalue weighted by Crippen LogP contribution is 2.49. The number of nitrogens with zero attached hydrogens (tertiary/aromatic N) is 3. The number of thiophene rings is 1. The summed E-state index contributed by atoms with van der Waals surface area (Å²) in [7, 11) is 0. The predicted molar refractivity (Wildman–Crippen MR) is 159 cm³/mol. The third-order valence-electron chi connectivity index (χ3n) is 7.80. The van der Waals surface area contributed by atoms with Crippen molar-refractivity contribution in [1.29, 1.82) is 0 Å². The Morgan fingerprint density at radius 3 is 2.62 bits per heavy atom. The minimum atomic E-state index is -1.69. The topological polar surface area (TPSA) is 180 Å². The molecular formula is C30H29N7O4S. The Morgan fingerprint density at radius 1 is 1.17 bits per heavy atom. The second-order valence-corrected chi connectivity index (χ2v) is 11.4. The molecule has 12 heteroatoms. The molecule has 3 unspecified atom stereocenters. The Hall–Kier alpha value is -4.65. The lowest BCUT2D eigenvalue weighted by Gasteiger charge is -2.36. The number of carbonyl (C=O) groups is 3. The summed E-state index contributed by atoms with van der Waals surface area (Å²) in [6.07, 6.45) is 5.61. The van der Waals surface area contributed by atoms with E-state index in [2.05, 4.69) is 21.9 Å². The number of ether oxygens (including phenoxy) is 1. The molecule has 0 radical (unpaired) electrons. The number of anilines is 1. The molecule has 1 aliphatic carbocycles. The first kappa shape index (κ1) is 27.5. The number of amides is 2. The smallest absolute Gasteiger partial charge is 0.321 e. The number of rotatable bonds is 6. The fraction of sp³-hybridized carbons (Fsp3) is 0.233. The van der Waals surface area contributed by atoms with Crippen LogP contribution in [-0.2, 0) is 15.1 Å². The number of hydrogen-bond acceptors (Lipinski definition) is 10. The zero-order valence-electron chi connectivity index (χ0n) is 22.6. The molecule has 7 N–H and O–H groups in total. The number of para-hydroxylation sites is 1. The van der Waals surface area contributed by atoms with Crippen LogP contribution < -0.4 is 27.3 Å². The average molecular weight is 584 g/mol. The van der Waals surface area contributed by atoms with Crippen molar-refractivity contribution >= 4 is 44.7 Å². The van der Waals surface area contributed by atoms with Crippen molar-refractivity contribution in [2.24, 2.45) is 11.5 Å². The van der Waals surface area contributed by atoms with Crippen molar-refractivity contribution in [3.05, 3.63) is 89.1 Å². The Morgan fingerprint density at radius 2 is 1.90 bits per heavy atom. The van der Waals surface area contributed by atoms with Gasteiger partial charge in [0, 0.05) is 53.7 Å². The molecule has 6 rings (SSSR count). The highest BCUT2D eigenvalue weighted by molar-refractivity contribution is 7.21. The van der Waals surface area contributed by atoms with Crippen LogP contribution in [0, 0.1) is 0 Å². The first-order valence-corrected chi connectivity index (χ1v) is 14.3. The van der Waals surface area contributed by atoms with Crippen LogP contribution in [0.5, 0.6) is 11.8 Å². The molecule has 2 aromatic carbocycles. The highest BCUT2D eigenvalue weighted by atomic mass is 32.1. The molecular weight excluding hydrogens is 554 g/mol. The molecule has 1 aliphatic heterocycles. The van der Waals surface area contributed by atoms with Gasteiger partial charge in [0.1, 0.15) is 11.3 Å². The van der Waals surface area contributed by atoms with Gasteiger partial charge in [-0.15, -0.1) is 11.3 Å². The van der Waals surface area contributed by atoms with E-state index < -0.39 is 17.4 Å². The minimum absolute atomic E-state index is 0.0924. The first-order chi connectivity index (χ1) is 20.2. The zero-order valence-corrected chi connectivity index (χ0v) is 23.4. The molecule has 4 aromatic rings. The van der Waals surface area contributed by atoms with Gasteiger partial charge >= 0.3 is 6.01 Å². The molecule has 42 heavy (non-hydrogen) atoms. The number of nitrogens with one attached hydrogen (secondary N) is 1. The highest BCUT2D eigenvalue weighted by Gasteiger charge is 2.49. The van der Waals surface area contributed by atoms with Crippen molar-refractivity contribution in [2.75, 3.05) is 18.8 Å². The summed E-state index contributed by atoms with van der Waals surface area (Å²) in [5.74, 6) is -0.508. The number of benzene rings is 2. The van der Waals surface area contributed by atoms with Crippen molar-refractivity contribution in [1.82, 2.24) is 20.2 Å². The lowest BCUT2D eigenvalue weighted by molar-refractivity contribution is -0.127. The van der Waals surface area contributed by atoms with Crippen LogP contribution in [0.15, 0.2) is 67.5 Å². The van der Waals surface area contributed by atoms with E-state index in [0.717, 1.165) is 6.42 Å². The molecule has 3 heterocycles. The summed E-state index contributed by atoms with van der Waals surface area (Å²) in [5, 5.41) is 3.61. The third kappa shape index (κ3) is 4.49. The Balaban J connectivity index is 1.36. The fourth-order valence-corrected chi connectivity index (χ4v) is 6.89. The van der Waals surface area contributed by atoms with Gasteiger partial charge in [0.15, 0.2) is 5.78 Å². The second kappa shape index (κ2) is 10.6. The summed E-state index contributed by atoms with van der Waals surface area (Å²) in [6.45, 7) is 4.52. The van der Waals surface area contributed by atoms with Crippen LogP contribution >= 0.6 is 11.3 Å². The molecule has 3 atom stereocenters. The number of ketones is 1. The van der Waals surface area contributed by atoms with E-state index in [1.165, 1.54) is 29.8 Å². The Bertz CT molecular complexity index is 1720. The van der Waals surface area contributed by atoms with Crippen LogP contribution in [0.25, 0.3) is 10.1 Å². The van der Waals surface area contributed by atoms with Gasteiger partial charge in [-0.3, -0.25) is 14.4 Å². The van der Waals surface area contributed by atoms with E-state index in [0.29, 0.717) is 62.6 Å². The monoisotopic (exact) mass is 583 g/mol. The predicted octanol–water partition coefficient (Wildman–Crippen LogP) is 2.76. The first-order valence-electron chi connectivity index (χ1n) is 13.4. The molecule has 1 saturated heterocycles. The van der Waals surface area contributed by atoms with Gasteiger partial charge in [0.2, 0.25) is 5.91 Å². The van der Waals surface area contributed by atoms with E-state index in [4.69, 9.17) is 21.9 Å². The van der Waals surface area contributed by atoms with Gasteiger partial charge in [-0.2, -0.15) is 0 Å². The number of aromatic nitrogens is 2. The average Bonchev–Trinajstić information content (AvgIpc) is 3.42.